The molecule has 1 aromatic carbocycles. The van der Waals surface area contributed by atoms with Crippen LogP contribution in [0.1, 0.15) is 38.4 Å². The van der Waals surface area contributed by atoms with Crippen LogP contribution in [0.5, 0.6) is 0 Å². The fourth-order valence-corrected chi connectivity index (χ4v) is 4.15. The number of ether oxygens (including phenoxy) is 1. The number of aromatic nitrogens is 2. The second kappa shape index (κ2) is 6.99. The number of hydrogen-bond acceptors (Lipinski definition) is 4. The van der Waals surface area contributed by atoms with Crippen LogP contribution in [0.25, 0.3) is 11.8 Å². The average molecular weight is 399 g/mol. The second-order valence-corrected chi connectivity index (χ2v) is 8.88. The molecule has 4 rings (SSSR count). The zero-order valence-electron chi connectivity index (χ0n) is 17.0. The molecule has 1 aliphatic heterocycles. The summed E-state index contributed by atoms with van der Waals surface area (Å²) in [6, 6.07) is 6.22. The van der Waals surface area contributed by atoms with Crippen LogP contribution in [0.4, 0.5) is 9.18 Å². The van der Waals surface area contributed by atoms with Gasteiger partial charge in [-0.05, 0) is 69.5 Å². The number of nitrogens with zero attached hydrogens (tertiary/aromatic N) is 3. The van der Waals surface area contributed by atoms with Gasteiger partial charge in [-0.2, -0.15) is 5.10 Å². The van der Waals surface area contributed by atoms with E-state index in [-0.39, 0.29) is 18.5 Å². The molecule has 0 spiro atoms. The number of aliphatic hydroxyl groups excluding tert-OH is 1. The van der Waals surface area contributed by atoms with E-state index in [0.29, 0.717) is 25.9 Å². The van der Waals surface area contributed by atoms with Gasteiger partial charge in [-0.25, -0.2) is 13.9 Å². The normalized spacial score (nSPS) is 21.3. The van der Waals surface area contributed by atoms with Crippen molar-refractivity contribution in [2.45, 2.75) is 39.2 Å². The maximum absolute atomic E-state index is 13.3. The summed E-state index contributed by atoms with van der Waals surface area (Å²) in [5.41, 5.74) is 2.75. The minimum atomic E-state index is -0.560. The second-order valence-electron chi connectivity index (χ2n) is 8.88. The number of fused-ring (bicyclic) bond motifs is 2. The summed E-state index contributed by atoms with van der Waals surface area (Å²) in [6.07, 6.45) is 4.75. The summed E-state index contributed by atoms with van der Waals surface area (Å²) in [5.74, 6) is -0.290. The third-order valence-electron chi connectivity index (χ3n) is 5.58. The van der Waals surface area contributed by atoms with E-state index >= 15 is 0 Å². The highest BCUT2D eigenvalue weighted by Gasteiger charge is 2.44. The third-order valence-corrected chi connectivity index (χ3v) is 5.58. The molecule has 0 saturated carbocycles. The molecular formula is C22H26FN3O3. The Bertz CT molecular complexity index is 959. The smallest absolute Gasteiger partial charge is 0.410 e. The van der Waals surface area contributed by atoms with Gasteiger partial charge in [0.05, 0.1) is 24.2 Å². The summed E-state index contributed by atoms with van der Waals surface area (Å²) in [5, 5.41) is 14.8. The van der Waals surface area contributed by atoms with Crippen LogP contribution in [0.3, 0.4) is 0 Å². The first-order valence-electron chi connectivity index (χ1n) is 9.83. The number of benzene rings is 1. The van der Waals surface area contributed by atoms with E-state index in [4.69, 9.17) is 4.74 Å². The Balaban J connectivity index is 1.63. The lowest BCUT2D eigenvalue weighted by atomic mass is 9.69. The van der Waals surface area contributed by atoms with Crippen molar-refractivity contribution in [3.8, 4) is 5.69 Å². The Hall–Kier alpha value is -2.67. The maximum atomic E-state index is 13.3. The molecule has 0 radical (unpaired) electrons. The molecule has 0 unspecified atom stereocenters. The van der Waals surface area contributed by atoms with Gasteiger partial charge < -0.3 is 14.7 Å². The predicted molar refractivity (Wildman–Crippen MR) is 107 cm³/mol. The fourth-order valence-electron chi connectivity index (χ4n) is 4.15. The van der Waals surface area contributed by atoms with Gasteiger partial charge in [-0.3, -0.25) is 0 Å². The van der Waals surface area contributed by atoms with E-state index in [2.05, 4.69) is 11.2 Å². The van der Waals surface area contributed by atoms with Crippen molar-refractivity contribution < 1.29 is 19.0 Å². The molecule has 29 heavy (non-hydrogen) atoms. The highest BCUT2D eigenvalue weighted by molar-refractivity contribution is 5.70. The molecule has 7 heteroatoms. The fraction of sp³-hybridized carbons (Fsp3) is 0.455. The van der Waals surface area contributed by atoms with Crippen LogP contribution in [0.15, 0.2) is 36.0 Å². The Morgan fingerprint density at radius 3 is 2.69 bits per heavy atom. The lowest BCUT2D eigenvalue weighted by molar-refractivity contribution is 0.00583. The van der Waals surface area contributed by atoms with E-state index in [1.54, 1.807) is 27.9 Å². The van der Waals surface area contributed by atoms with Gasteiger partial charge in [-0.15, -0.1) is 0 Å². The van der Waals surface area contributed by atoms with Gasteiger partial charge in [0.1, 0.15) is 11.4 Å². The molecule has 1 aromatic heterocycles. The van der Waals surface area contributed by atoms with Crippen molar-refractivity contribution in [1.29, 1.82) is 0 Å². The van der Waals surface area contributed by atoms with Gasteiger partial charge >= 0.3 is 6.09 Å². The minimum absolute atomic E-state index is 0.0563. The maximum Gasteiger partial charge on any atom is 0.410 e. The van der Waals surface area contributed by atoms with Gasteiger partial charge in [0.15, 0.2) is 0 Å². The van der Waals surface area contributed by atoms with Crippen molar-refractivity contribution in [2.75, 3.05) is 19.7 Å². The molecule has 2 heterocycles. The zero-order chi connectivity index (χ0) is 20.8. The summed E-state index contributed by atoms with van der Waals surface area (Å²) >= 11 is 0. The van der Waals surface area contributed by atoms with E-state index in [1.165, 1.54) is 12.1 Å². The molecule has 1 saturated heterocycles. The molecule has 1 aliphatic carbocycles. The van der Waals surface area contributed by atoms with Crippen molar-refractivity contribution in [2.24, 2.45) is 5.41 Å². The van der Waals surface area contributed by atoms with Gasteiger partial charge in [0.25, 0.3) is 0 Å². The topological polar surface area (TPSA) is 67.6 Å². The van der Waals surface area contributed by atoms with Crippen molar-refractivity contribution in [1.82, 2.24) is 14.7 Å². The van der Waals surface area contributed by atoms with Crippen molar-refractivity contribution >= 4 is 12.2 Å². The molecule has 1 fully saturated rings. The molecule has 1 N–H and O–H groups in total. The molecule has 154 valence electrons. The Morgan fingerprint density at radius 1 is 1.31 bits per heavy atom. The van der Waals surface area contributed by atoms with Crippen LogP contribution in [0.2, 0.25) is 0 Å². The summed E-state index contributed by atoms with van der Waals surface area (Å²) in [6.45, 7) is 6.43. The van der Waals surface area contributed by atoms with E-state index < -0.39 is 11.0 Å². The van der Waals surface area contributed by atoms with Gasteiger partial charge in [0, 0.05) is 18.5 Å². The minimum Gasteiger partial charge on any atom is -0.444 e. The molecule has 2 aromatic rings. The van der Waals surface area contributed by atoms with Gasteiger partial charge in [0.2, 0.25) is 0 Å². The molecule has 1 atom stereocenters. The molecule has 0 bridgehead atoms. The Kier molecular flexibility index (Phi) is 4.73. The first-order valence-corrected chi connectivity index (χ1v) is 9.83. The number of rotatable bonds is 2. The number of aliphatic hydroxyl groups is 1. The number of carbonyl (C=O) groups excluding carboxylic acids is 1. The lowest BCUT2D eigenvalue weighted by Crippen LogP contribution is -2.52. The number of likely N-dealkylation sites (tertiary alicyclic amines) is 1. The van der Waals surface area contributed by atoms with Crippen molar-refractivity contribution in [3.05, 3.63) is 53.1 Å². The van der Waals surface area contributed by atoms with Crippen molar-refractivity contribution in [3.63, 3.8) is 0 Å². The Morgan fingerprint density at radius 2 is 2.03 bits per heavy atom. The average Bonchev–Trinajstić information content (AvgIpc) is 3.07. The molecule has 2 aliphatic rings. The van der Waals surface area contributed by atoms with Crippen LogP contribution >= 0.6 is 0 Å². The quantitative estimate of drug-likeness (QED) is 0.838. The molecule has 1 amide bonds. The van der Waals surface area contributed by atoms with E-state index in [9.17, 15) is 14.3 Å². The number of piperidine rings is 1. The van der Waals surface area contributed by atoms with Crippen LogP contribution in [-0.4, -0.2) is 51.2 Å². The molecule has 6 nitrogen and oxygen atoms in total. The standard InChI is InChI=1S/C22H26FN3O3/c1-21(2,3)29-20(28)25-9-8-16-10-19-15(11-22(16,13-25)14-27)12-24-26(19)18-6-4-17(23)5-7-18/h4-7,10,12,27H,8-9,11,13-14H2,1-3H3/t22-/m1/s1. The summed E-state index contributed by atoms with van der Waals surface area (Å²) in [4.78, 5) is 14.3. The Labute approximate surface area is 169 Å². The highest BCUT2D eigenvalue weighted by Crippen LogP contribution is 2.44. The number of hydrogen-bond donors (Lipinski definition) is 1. The molecular weight excluding hydrogens is 373 g/mol. The van der Waals surface area contributed by atoms with Crippen LogP contribution < -0.4 is 0 Å². The number of carbonyl (C=O) groups is 1. The monoisotopic (exact) mass is 399 g/mol. The van der Waals surface area contributed by atoms with E-state index in [0.717, 1.165) is 22.5 Å². The van der Waals surface area contributed by atoms with Crippen LogP contribution in [-0.2, 0) is 11.2 Å². The SMILES string of the molecule is CC(C)(C)OC(=O)N1CCC2=Cc3c(cnn3-c3ccc(F)cc3)C[C@]2(CO)C1. The van der Waals surface area contributed by atoms with E-state index in [1.807, 2.05) is 20.8 Å². The van der Waals surface area contributed by atoms with Gasteiger partial charge in [-0.1, -0.05) is 5.57 Å². The predicted octanol–water partition coefficient (Wildman–Crippen LogP) is 3.57. The third kappa shape index (κ3) is 3.67. The largest absolute Gasteiger partial charge is 0.444 e. The summed E-state index contributed by atoms with van der Waals surface area (Å²) in [7, 11) is 0. The highest BCUT2D eigenvalue weighted by atomic mass is 19.1. The first kappa shape index (κ1) is 19.6. The number of amides is 1. The first-order chi connectivity index (χ1) is 13.7. The van der Waals surface area contributed by atoms with Crippen LogP contribution in [0, 0.1) is 11.2 Å². The zero-order valence-corrected chi connectivity index (χ0v) is 17.0. The summed E-state index contributed by atoms with van der Waals surface area (Å²) < 4.78 is 20.6. The number of halogens is 1. The lowest BCUT2D eigenvalue weighted by Gasteiger charge is -2.45.